The lowest BCUT2D eigenvalue weighted by Gasteiger charge is -2.03. The molecule has 0 saturated heterocycles. The van der Waals surface area contributed by atoms with Crippen molar-refractivity contribution < 1.29 is 25.8 Å². The number of halogens is 3. The SMILES string of the molecule is NS(=O)(=O)OC(F)C(F)F. The van der Waals surface area contributed by atoms with Gasteiger partial charge in [-0.15, -0.1) is 0 Å². The van der Waals surface area contributed by atoms with Gasteiger partial charge in [0.05, 0.1) is 0 Å². The zero-order valence-corrected chi connectivity index (χ0v) is 5.32. The molecule has 1 atom stereocenters. The lowest BCUT2D eigenvalue weighted by atomic mass is 10.7. The predicted octanol–water partition coefficient (Wildman–Crippen LogP) is -0.233. The first-order chi connectivity index (χ1) is 4.33. The van der Waals surface area contributed by atoms with Crippen LogP contribution in [0.3, 0.4) is 0 Å². The summed E-state index contributed by atoms with van der Waals surface area (Å²) < 4.78 is 56.4. The molecule has 0 radical (unpaired) electrons. The van der Waals surface area contributed by atoms with E-state index in [9.17, 15) is 21.6 Å². The smallest absolute Gasteiger partial charge is 0.215 e. The highest BCUT2D eigenvalue weighted by atomic mass is 32.2. The highest BCUT2D eigenvalue weighted by molar-refractivity contribution is 7.84. The maximum atomic E-state index is 11.6. The molecule has 0 aliphatic rings. The Morgan fingerprint density at radius 1 is 1.30 bits per heavy atom. The minimum Gasteiger partial charge on any atom is -0.215 e. The third kappa shape index (κ3) is 4.53. The molecule has 0 bridgehead atoms. The Labute approximate surface area is 55.0 Å². The quantitative estimate of drug-likeness (QED) is 0.650. The van der Waals surface area contributed by atoms with E-state index in [2.05, 4.69) is 9.32 Å². The lowest BCUT2D eigenvalue weighted by molar-refractivity contribution is -0.0633. The van der Waals surface area contributed by atoms with Gasteiger partial charge in [0, 0.05) is 0 Å². The number of hydrogen-bond donors (Lipinski definition) is 1. The fourth-order valence-corrected chi connectivity index (χ4v) is 0.510. The summed E-state index contributed by atoms with van der Waals surface area (Å²) in [5.41, 5.74) is 0. The summed E-state index contributed by atoms with van der Waals surface area (Å²) in [7, 11) is -4.62. The molecule has 62 valence electrons. The van der Waals surface area contributed by atoms with Gasteiger partial charge in [-0.1, -0.05) is 0 Å². The number of nitrogens with two attached hydrogens (primary N) is 1. The van der Waals surface area contributed by atoms with Crippen molar-refractivity contribution in [3.8, 4) is 0 Å². The van der Waals surface area contributed by atoms with Gasteiger partial charge < -0.3 is 0 Å². The van der Waals surface area contributed by atoms with Gasteiger partial charge in [0.15, 0.2) is 0 Å². The molecular weight excluding hydrogens is 175 g/mol. The Balaban J connectivity index is 3.93. The summed E-state index contributed by atoms with van der Waals surface area (Å²) >= 11 is 0. The molecule has 0 aliphatic carbocycles. The lowest BCUT2D eigenvalue weighted by Crippen LogP contribution is -2.25. The highest BCUT2D eigenvalue weighted by Crippen LogP contribution is 2.07. The molecule has 0 fully saturated rings. The van der Waals surface area contributed by atoms with Gasteiger partial charge in [0.25, 0.3) is 12.8 Å². The Morgan fingerprint density at radius 2 is 1.70 bits per heavy atom. The maximum Gasteiger partial charge on any atom is 0.336 e. The first-order valence-electron chi connectivity index (χ1n) is 1.96. The zero-order valence-electron chi connectivity index (χ0n) is 4.50. The van der Waals surface area contributed by atoms with E-state index in [1.54, 1.807) is 0 Å². The molecule has 0 heterocycles. The standard InChI is InChI=1S/C2H4F3NO3S/c3-1(4)2(5)9-10(6,7)8/h1-2H,(H2,6,7,8). The van der Waals surface area contributed by atoms with Crippen LogP contribution in [0, 0.1) is 0 Å². The maximum absolute atomic E-state index is 11.6. The molecule has 0 spiro atoms. The fourth-order valence-electron chi connectivity index (χ4n) is 0.170. The van der Waals surface area contributed by atoms with Crippen LogP contribution < -0.4 is 5.14 Å². The molecule has 0 aromatic heterocycles. The molecule has 0 rings (SSSR count). The van der Waals surface area contributed by atoms with E-state index in [0.717, 1.165) is 0 Å². The van der Waals surface area contributed by atoms with Gasteiger partial charge in [-0.2, -0.15) is 8.42 Å². The molecule has 10 heavy (non-hydrogen) atoms. The van der Waals surface area contributed by atoms with Crippen molar-refractivity contribution in [2.24, 2.45) is 5.14 Å². The molecule has 0 aromatic rings. The third-order valence-corrected chi connectivity index (χ3v) is 0.876. The van der Waals surface area contributed by atoms with Gasteiger partial charge in [0.2, 0.25) is 0 Å². The monoisotopic (exact) mass is 179 g/mol. The second-order valence-electron chi connectivity index (χ2n) is 1.27. The molecule has 0 amide bonds. The molecule has 0 saturated carbocycles. The molecule has 0 aromatic carbocycles. The minimum atomic E-state index is -4.62. The van der Waals surface area contributed by atoms with Crippen molar-refractivity contribution in [2.75, 3.05) is 0 Å². The molecule has 0 aliphatic heterocycles. The van der Waals surface area contributed by atoms with Crippen LogP contribution in [0.1, 0.15) is 0 Å². The van der Waals surface area contributed by atoms with Gasteiger partial charge >= 0.3 is 10.3 Å². The summed E-state index contributed by atoms with van der Waals surface area (Å²) in [5, 5.41) is 4.05. The largest absolute Gasteiger partial charge is 0.336 e. The second-order valence-corrected chi connectivity index (χ2v) is 2.45. The summed E-state index contributed by atoms with van der Waals surface area (Å²) in [6.45, 7) is 0. The van der Waals surface area contributed by atoms with Gasteiger partial charge in [-0.3, -0.25) is 0 Å². The molecule has 1 unspecified atom stereocenters. The van der Waals surface area contributed by atoms with Crippen molar-refractivity contribution in [1.29, 1.82) is 0 Å². The summed E-state index contributed by atoms with van der Waals surface area (Å²) in [4.78, 5) is 0. The Bertz CT molecular complexity index is 190. The van der Waals surface area contributed by atoms with Crippen LogP contribution in [0.25, 0.3) is 0 Å². The van der Waals surface area contributed by atoms with Crippen LogP contribution >= 0.6 is 0 Å². The van der Waals surface area contributed by atoms with Crippen LogP contribution in [0.4, 0.5) is 13.2 Å². The van der Waals surface area contributed by atoms with Crippen LogP contribution in [0.5, 0.6) is 0 Å². The van der Waals surface area contributed by atoms with E-state index in [0.29, 0.717) is 0 Å². The minimum absolute atomic E-state index is 3.03. The number of rotatable bonds is 3. The fraction of sp³-hybridized carbons (Fsp3) is 1.00. The van der Waals surface area contributed by atoms with E-state index in [-0.39, 0.29) is 0 Å². The summed E-state index contributed by atoms with van der Waals surface area (Å²) in [6, 6.07) is 0. The Hall–Kier alpha value is -0.340. The van der Waals surface area contributed by atoms with Crippen LogP contribution in [0.2, 0.25) is 0 Å². The van der Waals surface area contributed by atoms with Crippen molar-refractivity contribution in [1.82, 2.24) is 0 Å². The number of alkyl halides is 3. The third-order valence-electron chi connectivity index (χ3n) is 0.424. The van der Waals surface area contributed by atoms with E-state index in [4.69, 9.17) is 0 Å². The first-order valence-corrected chi connectivity index (χ1v) is 3.43. The Kier molecular flexibility index (Phi) is 3.06. The summed E-state index contributed by atoms with van der Waals surface area (Å²) in [6.07, 6.45) is -6.70. The molecule has 2 N–H and O–H groups in total. The normalized spacial score (nSPS) is 15.7. The summed E-state index contributed by atoms with van der Waals surface area (Å²) in [5.74, 6) is 0. The second kappa shape index (κ2) is 3.17. The van der Waals surface area contributed by atoms with E-state index in [1.165, 1.54) is 0 Å². The van der Waals surface area contributed by atoms with Gasteiger partial charge in [0.1, 0.15) is 0 Å². The van der Waals surface area contributed by atoms with Crippen molar-refractivity contribution in [3.05, 3.63) is 0 Å². The average molecular weight is 179 g/mol. The van der Waals surface area contributed by atoms with Crippen molar-refractivity contribution in [2.45, 2.75) is 12.8 Å². The van der Waals surface area contributed by atoms with Crippen LogP contribution in [-0.4, -0.2) is 21.2 Å². The molecular formula is C2H4F3NO3S. The molecule has 4 nitrogen and oxygen atoms in total. The number of hydrogen-bond acceptors (Lipinski definition) is 3. The average Bonchev–Trinajstić information content (AvgIpc) is 1.60. The van der Waals surface area contributed by atoms with Crippen molar-refractivity contribution in [3.63, 3.8) is 0 Å². The van der Waals surface area contributed by atoms with Crippen LogP contribution in [0.15, 0.2) is 0 Å². The van der Waals surface area contributed by atoms with E-state index < -0.39 is 23.1 Å². The Morgan fingerprint density at radius 3 is 1.80 bits per heavy atom. The highest BCUT2D eigenvalue weighted by Gasteiger charge is 2.24. The van der Waals surface area contributed by atoms with E-state index in [1.807, 2.05) is 0 Å². The van der Waals surface area contributed by atoms with Crippen molar-refractivity contribution >= 4 is 10.3 Å². The first kappa shape index (κ1) is 9.66. The van der Waals surface area contributed by atoms with E-state index >= 15 is 0 Å². The zero-order chi connectivity index (χ0) is 8.36. The van der Waals surface area contributed by atoms with Gasteiger partial charge in [-0.05, 0) is 0 Å². The topological polar surface area (TPSA) is 69.4 Å². The molecule has 8 heteroatoms. The van der Waals surface area contributed by atoms with Crippen LogP contribution in [-0.2, 0) is 14.5 Å². The predicted molar refractivity (Wildman–Crippen MR) is 25.1 cm³/mol. The van der Waals surface area contributed by atoms with Gasteiger partial charge in [-0.25, -0.2) is 22.5 Å².